The molecule has 1 aromatic heterocycles. The largest absolute Gasteiger partial charge is 0.393 e. The molecule has 1 aliphatic rings. The third kappa shape index (κ3) is 4.27. The van der Waals surface area contributed by atoms with Gasteiger partial charge in [0.05, 0.1) is 18.3 Å². The smallest absolute Gasteiger partial charge is 0.280 e. The summed E-state index contributed by atoms with van der Waals surface area (Å²) in [6.45, 7) is 0.295. The van der Waals surface area contributed by atoms with Crippen molar-refractivity contribution in [3.8, 4) is 0 Å². The predicted molar refractivity (Wildman–Crippen MR) is 94.6 cm³/mol. The van der Waals surface area contributed by atoms with Crippen molar-refractivity contribution in [2.45, 2.75) is 31.5 Å². The fourth-order valence-electron chi connectivity index (χ4n) is 3.12. The van der Waals surface area contributed by atoms with Crippen molar-refractivity contribution in [1.29, 1.82) is 0 Å². The van der Waals surface area contributed by atoms with Crippen LogP contribution in [0.15, 0.2) is 42.7 Å². The Labute approximate surface area is 148 Å². The first-order chi connectivity index (χ1) is 11.8. The van der Waals surface area contributed by atoms with Crippen LogP contribution in [0.5, 0.6) is 0 Å². The maximum absolute atomic E-state index is 12.8. The molecule has 25 heavy (non-hydrogen) atoms. The van der Waals surface area contributed by atoms with Gasteiger partial charge in [-0.2, -0.15) is 22.5 Å². The van der Waals surface area contributed by atoms with E-state index in [9.17, 15) is 13.5 Å². The molecule has 1 fully saturated rings. The van der Waals surface area contributed by atoms with E-state index in [0.717, 1.165) is 11.1 Å². The molecule has 0 aliphatic heterocycles. The SMILES string of the molecule is CN(Cc1ccccc1)S(=O)(=O)NC(c1cnn(C)c1)C1CC(O)C1. The Hall–Kier alpha value is -1.74. The van der Waals surface area contributed by atoms with Gasteiger partial charge in [0, 0.05) is 32.4 Å². The molecule has 1 saturated carbocycles. The molecule has 2 N–H and O–H groups in total. The van der Waals surface area contributed by atoms with E-state index in [0.29, 0.717) is 19.4 Å². The van der Waals surface area contributed by atoms with Crippen LogP contribution in [-0.2, 0) is 23.8 Å². The summed E-state index contributed by atoms with van der Waals surface area (Å²) in [6, 6.07) is 9.07. The molecule has 8 heteroatoms. The number of hydrogen-bond acceptors (Lipinski definition) is 4. The molecule has 1 heterocycles. The van der Waals surface area contributed by atoms with Crippen molar-refractivity contribution in [3.63, 3.8) is 0 Å². The van der Waals surface area contributed by atoms with E-state index >= 15 is 0 Å². The molecule has 0 saturated heterocycles. The number of rotatable bonds is 7. The molecular weight excluding hydrogens is 340 g/mol. The van der Waals surface area contributed by atoms with Crippen LogP contribution in [0.3, 0.4) is 0 Å². The first-order valence-corrected chi connectivity index (χ1v) is 9.73. The van der Waals surface area contributed by atoms with Crippen LogP contribution in [0.1, 0.15) is 30.0 Å². The second-order valence-electron chi connectivity index (χ2n) is 6.67. The van der Waals surface area contributed by atoms with Gasteiger partial charge in [-0.1, -0.05) is 30.3 Å². The maximum Gasteiger partial charge on any atom is 0.280 e. The molecule has 0 bridgehead atoms. The van der Waals surface area contributed by atoms with Crippen molar-refractivity contribution in [3.05, 3.63) is 53.9 Å². The van der Waals surface area contributed by atoms with Crippen LogP contribution in [-0.4, -0.2) is 40.8 Å². The van der Waals surface area contributed by atoms with Crippen LogP contribution < -0.4 is 4.72 Å². The molecule has 7 nitrogen and oxygen atoms in total. The van der Waals surface area contributed by atoms with Gasteiger partial charge >= 0.3 is 0 Å². The van der Waals surface area contributed by atoms with Gasteiger partial charge in [0.2, 0.25) is 0 Å². The number of aliphatic hydroxyl groups is 1. The van der Waals surface area contributed by atoms with Gasteiger partial charge in [0.15, 0.2) is 0 Å². The summed E-state index contributed by atoms with van der Waals surface area (Å²) in [5.74, 6) is 0.0686. The lowest BCUT2D eigenvalue weighted by Gasteiger charge is -2.38. The highest BCUT2D eigenvalue weighted by molar-refractivity contribution is 7.87. The fourth-order valence-corrected chi connectivity index (χ4v) is 4.26. The second kappa shape index (κ2) is 7.25. The number of aromatic nitrogens is 2. The Morgan fingerprint density at radius 3 is 2.60 bits per heavy atom. The quantitative estimate of drug-likeness (QED) is 0.773. The molecule has 2 aromatic rings. The van der Waals surface area contributed by atoms with Gasteiger partial charge in [-0.3, -0.25) is 4.68 Å². The van der Waals surface area contributed by atoms with E-state index in [2.05, 4.69) is 9.82 Å². The number of nitrogens with zero attached hydrogens (tertiary/aromatic N) is 3. The number of hydrogen-bond donors (Lipinski definition) is 2. The van der Waals surface area contributed by atoms with Crippen LogP contribution in [0.25, 0.3) is 0 Å². The zero-order valence-corrected chi connectivity index (χ0v) is 15.2. The Morgan fingerprint density at radius 1 is 1.36 bits per heavy atom. The molecule has 0 radical (unpaired) electrons. The predicted octanol–water partition coefficient (Wildman–Crippen LogP) is 1.20. The van der Waals surface area contributed by atoms with Gasteiger partial charge in [-0.05, 0) is 24.3 Å². The zero-order chi connectivity index (χ0) is 18.0. The van der Waals surface area contributed by atoms with Crippen molar-refractivity contribution < 1.29 is 13.5 Å². The van der Waals surface area contributed by atoms with Crippen molar-refractivity contribution >= 4 is 10.2 Å². The highest BCUT2D eigenvalue weighted by atomic mass is 32.2. The molecule has 0 amide bonds. The minimum absolute atomic E-state index is 0.0686. The van der Waals surface area contributed by atoms with E-state index in [1.54, 1.807) is 25.0 Å². The van der Waals surface area contributed by atoms with Gasteiger partial charge in [0.1, 0.15) is 0 Å². The van der Waals surface area contributed by atoms with E-state index in [1.165, 1.54) is 4.31 Å². The van der Waals surface area contributed by atoms with E-state index in [4.69, 9.17) is 0 Å². The highest BCUT2D eigenvalue weighted by Crippen LogP contribution is 2.38. The first kappa shape index (κ1) is 18.1. The lowest BCUT2D eigenvalue weighted by molar-refractivity contribution is 0.0277. The normalized spacial score (nSPS) is 21.9. The topological polar surface area (TPSA) is 87.5 Å². The summed E-state index contributed by atoms with van der Waals surface area (Å²) in [4.78, 5) is 0. The maximum atomic E-state index is 12.8. The Morgan fingerprint density at radius 2 is 2.04 bits per heavy atom. The molecule has 1 unspecified atom stereocenters. The standard InChI is InChI=1S/C17H24N4O3S/c1-20-12-15(10-18-20)17(14-8-16(22)9-14)19-25(23,24)21(2)11-13-6-4-3-5-7-13/h3-7,10,12,14,16-17,19,22H,8-9,11H2,1-2H3. The molecule has 1 aromatic carbocycles. The zero-order valence-electron chi connectivity index (χ0n) is 14.4. The summed E-state index contributed by atoms with van der Waals surface area (Å²) in [5, 5.41) is 13.8. The molecule has 1 aliphatic carbocycles. The van der Waals surface area contributed by atoms with Crippen LogP contribution >= 0.6 is 0 Å². The fraction of sp³-hybridized carbons (Fsp3) is 0.471. The monoisotopic (exact) mass is 364 g/mol. The minimum Gasteiger partial charge on any atom is -0.393 e. The number of aliphatic hydroxyl groups excluding tert-OH is 1. The Bertz CT molecular complexity index is 800. The summed E-state index contributed by atoms with van der Waals surface area (Å²) in [7, 11) is -0.312. The van der Waals surface area contributed by atoms with Gasteiger partial charge in [0.25, 0.3) is 10.2 Å². The van der Waals surface area contributed by atoms with Crippen LogP contribution in [0.4, 0.5) is 0 Å². The second-order valence-corrected chi connectivity index (χ2v) is 8.48. The molecule has 136 valence electrons. The third-order valence-electron chi connectivity index (χ3n) is 4.64. The summed E-state index contributed by atoms with van der Waals surface area (Å²) < 4.78 is 31.3. The molecular formula is C17H24N4O3S. The van der Waals surface area contributed by atoms with Gasteiger partial charge in [-0.15, -0.1) is 0 Å². The van der Waals surface area contributed by atoms with Crippen LogP contribution in [0, 0.1) is 5.92 Å². The van der Waals surface area contributed by atoms with Gasteiger partial charge < -0.3 is 5.11 Å². The number of nitrogens with one attached hydrogen (secondary N) is 1. The average molecular weight is 364 g/mol. The average Bonchev–Trinajstić information content (AvgIpc) is 2.97. The molecule has 3 rings (SSSR count). The molecule has 0 spiro atoms. The minimum atomic E-state index is -3.67. The third-order valence-corrected chi connectivity index (χ3v) is 6.14. The van der Waals surface area contributed by atoms with Crippen molar-refractivity contribution in [2.75, 3.05) is 7.05 Å². The Balaban J connectivity index is 1.75. The lowest BCUT2D eigenvalue weighted by atomic mass is 9.76. The lowest BCUT2D eigenvalue weighted by Crippen LogP contribution is -2.45. The Kier molecular flexibility index (Phi) is 5.24. The van der Waals surface area contributed by atoms with E-state index in [-0.39, 0.29) is 18.1 Å². The van der Waals surface area contributed by atoms with Gasteiger partial charge in [-0.25, -0.2) is 0 Å². The van der Waals surface area contributed by atoms with Crippen LogP contribution in [0.2, 0.25) is 0 Å². The summed E-state index contributed by atoms with van der Waals surface area (Å²) in [5.41, 5.74) is 1.74. The highest BCUT2D eigenvalue weighted by Gasteiger charge is 2.38. The summed E-state index contributed by atoms with van der Waals surface area (Å²) >= 11 is 0. The number of benzene rings is 1. The van der Waals surface area contributed by atoms with E-state index < -0.39 is 10.2 Å². The van der Waals surface area contributed by atoms with Crippen molar-refractivity contribution in [2.24, 2.45) is 13.0 Å². The summed E-state index contributed by atoms with van der Waals surface area (Å²) in [6.07, 6.45) is 4.31. The van der Waals surface area contributed by atoms with Crippen molar-refractivity contribution in [1.82, 2.24) is 18.8 Å². The molecule has 1 atom stereocenters. The van der Waals surface area contributed by atoms with E-state index in [1.807, 2.05) is 36.5 Å². The number of aryl methyl sites for hydroxylation is 1. The first-order valence-electron chi connectivity index (χ1n) is 8.29.